The molecule has 2 rings (SSSR count). The number of aliphatic hydroxyl groups excluding tert-OH is 1. The maximum Gasteiger partial charge on any atom is 0.190 e. The summed E-state index contributed by atoms with van der Waals surface area (Å²) in [5, 5.41) is 19.6. The lowest BCUT2D eigenvalue weighted by molar-refractivity contribution is -0.130. The molecule has 2 N–H and O–H groups in total. The van der Waals surface area contributed by atoms with Crippen LogP contribution in [0, 0.1) is 0 Å². The molecule has 0 radical (unpaired) electrons. The second-order valence-electron chi connectivity index (χ2n) is 4.43. The number of hydrogen-bond acceptors (Lipinski definition) is 3. The molecule has 0 fully saturated rings. The number of carbonyl (C=O) groups excluding carboxylic acids is 1. The van der Waals surface area contributed by atoms with Crippen molar-refractivity contribution in [3.05, 3.63) is 11.1 Å². The molecule has 0 heterocycles. The van der Waals surface area contributed by atoms with Gasteiger partial charge < -0.3 is 10.2 Å². The summed E-state index contributed by atoms with van der Waals surface area (Å²) in [6, 6.07) is 0. The summed E-state index contributed by atoms with van der Waals surface area (Å²) in [7, 11) is 0. The van der Waals surface area contributed by atoms with Crippen molar-refractivity contribution in [2.45, 2.75) is 50.7 Å². The number of aliphatic hydroxyl groups is 2. The van der Waals surface area contributed by atoms with Crippen LogP contribution in [0.4, 0.5) is 0 Å². The van der Waals surface area contributed by atoms with Crippen LogP contribution in [-0.4, -0.2) is 27.7 Å². The Bertz CT molecular complexity index is 302. The first kappa shape index (κ1) is 9.87. The first-order valence-corrected chi connectivity index (χ1v) is 5.22. The number of carbonyl (C=O) groups is 1. The number of ketones is 1. The Hall–Kier alpha value is -0.670. The normalized spacial score (nSPS) is 38.5. The van der Waals surface area contributed by atoms with E-state index in [4.69, 9.17) is 0 Å². The van der Waals surface area contributed by atoms with Crippen LogP contribution in [0.25, 0.3) is 0 Å². The summed E-state index contributed by atoms with van der Waals surface area (Å²) in [5.41, 5.74) is 0.170. The molecule has 0 saturated carbocycles. The molecule has 0 saturated heterocycles. The minimum absolute atomic E-state index is 0.257. The molecule has 0 aliphatic heterocycles. The molecule has 0 aromatic heterocycles. The molecule has 0 aromatic rings. The van der Waals surface area contributed by atoms with Crippen molar-refractivity contribution < 1.29 is 15.0 Å². The molecule has 78 valence electrons. The zero-order chi connectivity index (χ0) is 10.3. The number of hydrogen-bond donors (Lipinski definition) is 2. The van der Waals surface area contributed by atoms with Gasteiger partial charge in [0.15, 0.2) is 5.78 Å². The Kier molecular flexibility index (Phi) is 2.24. The highest BCUT2D eigenvalue weighted by molar-refractivity contribution is 6.04. The van der Waals surface area contributed by atoms with E-state index < -0.39 is 11.7 Å². The molecule has 3 heteroatoms. The van der Waals surface area contributed by atoms with Gasteiger partial charge in [-0.25, -0.2) is 0 Å². The van der Waals surface area contributed by atoms with Crippen molar-refractivity contribution in [1.29, 1.82) is 0 Å². The molecule has 2 aliphatic rings. The molecule has 0 bridgehead atoms. The fourth-order valence-electron chi connectivity index (χ4n) is 2.50. The number of Topliss-reactive ketones (excluding diaryl/α,β-unsaturated/α-hetero) is 1. The Balaban J connectivity index is 2.41. The lowest BCUT2D eigenvalue weighted by Gasteiger charge is -2.24. The van der Waals surface area contributed by atoms with Gasteiger partial charge in [-0.2, -0.15) is 0 Å². The van der Waals surface area contributed by atoms with E-state index in [0.29, 0.717) is 5.57 Å². The van der Waals surface area contributed by atoms with Gasteiger partial charge in [0.2, 0.25) is 0 Å². The van der Waals surface area contributed by atoms with Gasteiger partial charge in [-0.15, -0.1) is 0 Å². The monoisotopic (exact) mass is 196 g/mol. The average molecular weight is 196 g/mol. The summed E-state index contributed by atoms with van der Waals surface area (Å²) in [6.45, 7) is 1.54. The third-order valence-electron chi connectivity index (χ3n) is 3.41. The van der Waals surface area contributed by atoms with E-state index in [2.05, 4.69) is 0 Å². The van der Waals surface area contributed by atoms with E-state index in [9.17, 15) is 15.0 Å². The topological polar surface area (TPSA) is 57.5 Å². The van der Waals surface area contributed by atoms with Gasteiger partial charge >= 0.3 is 0 Å². The van der Waals surface area contributed by atoms with Crippen LogP contribution < -0.4 is 0 Å². The summed E-state index contributed by atoms with van der Waals surface area (Å²) < 4.78 is 0. The molecule has 2 atom stereocenters. The second-order valence-corrected chi connectivity index (χ2v) is 4.43. The van der Waals surface area contributed by atoms with Gasteiger partial charge in [-0.05, 0) is 38.2 Å². The largest absolute Gasteiger partial charge is 0.383 e. The molecule has 2 aliphatic carbocycles. The maximum atomic E-state index is 11.6. The van der Waals surface area contributed by atoms with Crippen LogP contribution >= 0.6 is 0 Å². The van der Waals surface area contributed by atoms with E-state index in [1.807, 2.05) is 0 Å². The van der Waals surface area contributed by atoms with E-state index in [-0.39, 0.29) is 5.78 Å². The van der Waals surface area contributed by atoms with Gasteiger partial charge in [0, 0.05) is 5.57 Å². The Morgan fingerprint density at radius 1 is 1.29 bits per heavy atom. The second kappa shape index (κ2) is 3.17. The maximum absolute atomic E-state index is 11.6. The van der Waals surface area contributed by atoms with Crippen LogP contribution in [-0.2, 0) is 4.79 Å². The van der Waals surface area contributed by atoms with Gasteiger partial charge in [-0.3, -0.25) is 4.79 Å². The molecule has 0 unspecified atom stereocenters. The quantitative estimate of drug-likeness (QED) is 0.606. The Labute approximate surface area is 83.4 Å². The fourth-order valence-corrected chi connectivity index (χ4v) is 2.50. The minimum atomic E-state index is -1.31. The van der Waals surface area contributed by atoms with E-state index in [0.717, 1.165) is 37.7 Å². The van der Waals surface area contributed by atoms with Gasteiger partial charge in [-0.1, -0.05) is 6.42 Å². The van der Waals surface area contributed by atoms with Crippen LogP contribution in [0.15, 0.2) is 11.1 Å². The van der Waals surface area contributed by atoms with Crippen molar-refractivity contribution in [3.63, 3.8) is 0 Å². The summed E-state index contributed by atoms with van der Waals surface area (Å²) >= 11 is 0. The molecule has 14 heavy (non-hydrogen) atoms. The van der Waals surface area contributed by atoms with E-state index >= 15 is 0 Å². The summed E-state index contributed by atoms with van der Waals surface area (Å²) in [5.74, 6) is -0.257. The van der Waals surface area contributed by atoms with Crippen LogP contribution in [0.2, 0.25) is 0 Å². The van der Waals surface area contributed by atoms with E-state index in [1.54, 1.807) is 6.92 Å². The van der Waals surface area contributed by atoms with Crippen LogP contribution in [0.3, 0.4) is 0 Å². The summed E-state index contributed by atoms with van der Waals surface area (Å²) in [4.78, 5) is 11.6. The lowest BCUT2D eigenvalue weighted by Crippen LogP contribution is -2.40. The fraction of sp³-hybridized carbons (Fsp3) is 0.727. The highest BCUT2D eigenvalue weighted by Gasteiger charge is 2.48. The molecular formula is C11H16O3. The van der Waals surface area contributed by atoms with Crippen molar-refractivity contribution in [2.24, 2.45) is 0 Å². The first-order chi connectivity index (χ1) is 6.55. The highest BCUT2D eigenvalue weighted by atomic mass is 16.3. The molecule has 0 spiro atoms. The predicted octanol–water partition coefficient (Wildman–Crippen LogP) is 0.942. The smallest absolute Gasteiger partial charge is 0.190 e. The molecular weight excluding hydrogens is 180 g/mol. The van der Waals surface area contributed by atoms with E-state index in [1.165, 1.54) is 0 Å². The van der Waals surface area contributed by atoms with Crippen LogP contribution in [0.5, 0.6) is 0 Å². The van der Waals surface area contributed by atoms with Crippen LogP contribution in [0.1, 0.15) is 39.0 Å². The lowest BCUT2D eigenvalue weighted by atomic mass is 9.92. The van der Waals surface area contributed by atoms with Crippen molar-refractivity contribution in [1.82, 2.24) is 0 Å². The SMILES string of the molecule is C[C@]1(O)C2=C(CCCCC2)C(=O)[C@@H]1O. The van der Waals surface area contributed by atoms with Crippen molar-refractivity contribution in [3.8, 4) is 0 Å². The molecule has 3 nitrogen and oxygen atoms in total. The number of rotatable bonds is 0. The molecule has 0 aromatic carbocycles. The Morgan fingerprint density at radius 3 is 2.64 bits per heavy atom. The minimum Gasteiger partial charge on any atom is -0.383 e. The third kappa shape index (κ3) is 1.23. The van der Waals surface area contributed by atoms with Gasteiger partial charge in [0.1, 0.15) is 11.7 Å². The summed E-state index contributed by atoms with van der Waals surface area (Å²) in [6.07, 6.45) is 3.35. The van der Waals surface area contributed by atoms with Crippen molar-refractivity contribution >= 4 is 5.78 Å². The first-order valence-electron chi connectivity index (χ1n) is 5.22. The zero-order valence-corrected chi connectivity index (χ0v) is 8.42. The van der Waals surface area contributed by atoms with Crippen molar-refractivity contribution in [2.75, 3.05) is 0 Å². The average Bonchev–Trinajstić information content (AvgIpc) is 2.41. The third-order valence-corrected chi connectivity index (χ3v) is 3.41. The molecule has 0 amide bonds. The zero-order valence-electron chi connectivity index (χ0n) is 8.42. The standard InChI is InChI=1S/C11H16O3/c1-11(14)8-6-4-2-3-5-7(8)9(12)10(11)13/h10,13-14H,2-6H2,1H3/t10-,11-/m0/s1. The van der Waals surface area contributed by atoms with Gasteiger partial charge in [0.05, 0.1) is 0 Å². The Morgan fingerprint density at radius 2 is 1.93 bits per heavy atom. The predicted molar refractivity (Wildman–Crippen MR) is 51.7 cm³/mol. The highest BCUT2D eigenvalue weighted by Crippen LogP contribution is 2.40. The van der Waals surface area contributed by atoms with Gasteiger partial charge in [0.25, 0.3) is 0 Å².